The summed E-state index contributed by atoms with van der Waals surface area (Å²) < 4.78 is 1.78. The quantitative estimate of drug-likeness (QED) is 0.770. The lowest BCUT2D eigenvalue weighted by Gasteiger charge is -2.27. The summed E-state index contributed by atoms with van der Waals surface area (Å²) in [6, 6.07) is 5.98. The summed E-state index contributed by atoms with van der Waals surface area (Å²) in [4.78, 5) is 13.1. The van der Waals surface area contributed by atoms with E-state index in [1.807, 2.05) is 55.8 Å². The first-order chi connectivity index (χ1) is 9.19. The lowest BCUT2D eigenvalue weighted by molar-refractivity contribution is -0.111. The van der Waals surface area contributed by atoms with E-state index in [0.717, 1.165) is 28.5 Å². The second-order valence-electron chi connectivity index (χ2n) is 4.81. The fourth-order valence-electron chi connectivity index (χ4n) is 2.42. The van der Waals surface area contributed by atoms with Gasteiger partial charge in [-0.15, -0.1) is 0 Å². The maximum Gasteiger partial charge on any atom is 0.146 e. The summed E-state index contributed by atoms with van der Waals surface area (Å²) in [6.45, 7) is 0. The third-order valence-corrected chi connectivity index (χ3v) is 3.50. The Labute approximate surface area is 112 Å². The number of hydrogen-bond acceptors (Lipinski definition) is 3. The van der Waals surface area contributed by atoms with Crippen LogP contribution in [0.25, 0.3) is 17.2 Å². The maximum absolute atomic E-state index is 11.2. The van der Waals surface area contributed by atoms with Crippen LogP contribution in [0.15, 0.2) is 36.8 Å². The fourth-order valence-corrected chi connectivity index (χ4v) is 2.42. The Morgan fingerprint density at radius 2 is 2.11 bits per heavy atom. The van der Waals surface area contributed by atoms with Crippen molar-refractivity contribution in [1.29, 1.82) is 0 Å². The fraction of sp³-hybridized carbons (Fsp3) is 0.200. The molecule has 96 valence electrons. The third kappa shape index (κ3) is 1.95. The molecule has 1 atom stereocenters. The molecule has 1 aromatic heterocycles. The molecule has 0 radical (unpaired) electrons. The van der Waals surface area contributed by atoms with E-state index in [9.17, 15) is 4.79 Å². The van der Waals surface area contributed by atoms with Crippen LogP contribution in [-0.2, 0) is 11.8 Å². The van der Waals surface area contributed by atoms with E-state index in [1.54, 1.807) is 4.68 Å². The summed E-state index contributed by atoms with van der Waals surface area (Å²) in [5.41, 5.74) is 4.34. The van der Waals surface area contributed by atoms with Gasteiger partial charge in [0.25, 0.3) is 0 Å². The van der Waals surface area contributed by atoms with Gasteiger partial charge in [0.15, 0.2) is 0 Å². The SMILES string of the molecule is CN1C=Cc2cc(-c3cnn(C)c3)ccc2C1C=O. The van der Waals surface area contributed by atoms with Crippen LogP contribution in [-0.4, -0.2) is 28.0 Å². The molecule has 4 heteroatoms. The van der Waals surface area contributed by atoms with Crippen molar-refractivity contribution in [2.24, 2.45) is 7.05 Å². The normalized spacial score (nSPS) is 17.4. The molecular weight excluding hydrogens is 238 g/mol. The van der Waals surface area contributed by atoms with Gasteiger partial charge in [-0.2, -0.15) is 5.10 Å². The van der Waals surface area contributed by atoms with Crippen LogP contribution in [0.4, 0.5) is 0 Å². The Morgan fingerprint density at radius 1 is 1.26 bits per heavy atom. The molecule has 0 aliphatic carbocycles. The van der Waals surface area contributed by atoms with E-state index in [2.05, 4.69) is 11.2 Å². The second kappa shape index (κ2) is 4.39. The summed E-state index contributed by atoms with van der Waals surface area (Å²) in [6.07, 6.45) is 8.78. The van der Waals surface area contributed by atoms with Crippen molar-refractivity contribution in [2.75, 3.05) is 7.05 Å². The first-order valence-electron chi connectivity index (χ1n) is 6.17. The van der Waals surface area contributed by atoms with E-state index in [-0.39, 0.29) is 6.04 Å². The monoisotopic (exact) mass is 253 g/mol. The number of aldehydes is 1. The first kappa shape index (κ1) is 11.7. The number of fused-ring (bicyclic) bond motifs is 1. The van der Waals surface area contributed by atoms with Crippen LogP contribution < -0.4 is 0 Å². The lowest BCUT2D eigenvalue weighted by atomic mass is 9.94. The average Bonchev–Trinajstić information content (AvgIpc) is 2.85. The molecule has 1 aromatic carbocycles. The van der Waals surface area contributed by atoms with Gasteiger partial charge in [0.2, 0.25) is 0 Å². The Morgan fingerprint density at radius 3 is 2.79 bits per heavy atom. The minimum absolute atomic E-state index is 0.192. The summed E-state index contributed by atoms with van der Waals surface area (Å²) >= 11 is 0. The molecule has 0 bridgehead atoms. The van der Waals surface area contributed by atoms with Crippen LogP contribution in [0.5, 0.6) is 0 Å². The number of carbonyl (C=O) groups excluding carboxylic acids is 1. The number of hydrogen-bond donors (Lipinski definition) is 0. The van der Waals surface area contributed by atoms with E-state index in [0.29, 0.717) is 0 Å². The topological polar surface area (TPSA) is 38.1 Å². The zero-order valence-electron chi connectivity index (χ0n) is 10.9. The van der Waals surface area contributed by atoms with Gasteiger partial charge in [0.1, 0.15) is 12.3 Å². The van der Waals surface area contributed by atoms with Gasteiger partial charge in [0, 0.05) is 32.1 Å². The Bertz CT molecular complexity index is 657. The van der Waals surface area contributed by atoms with Gasteiger partial charge in [-0.05, 0) is 28.8 Å². The number of benzene rings is 1. The van der Waals surface area contributed by atoms with Gasteiger partial charge in [0.05, 0.1) is 6.20 Å². The van der Waals surface area contributed by atoms with Crippen molar-refractivity contribution in [3.05, 3.63) is 47.9 Å². The van der Waals surface area contributed by atoms with E-state index in [1.165, 1.54) is 0 Å². The number of nitrogens with zero attached hydrogens (tertiary/aromatic N) is 3. The van der Waals surface area contributed by atoms with Gasteiger partial charge < -0.3 is 9.69 Å². The standard InChI is InChI=1S/C15H15N3O/c1-17-6-5-12-7-11(13-8-16-18(2)9-13)3-4-14(12)15(17)10-19/h3-10,15H,1-2H3. The summed E-state index contributed by atoms with van der Waals surface area (Å²) in [5, 5.41) is 4.18. The third-order valence-electron chi connectivity index (χ3n) is 3.50. The van der Waals surface area contributed by atoms with Crippen molar-refractivity contribution in [1.82, 2.24) is 14.7 Å². The Hall–Kier alpha value is -2.36. The second-order valence-corrected chi connectivity index (χ2v) is 4.81. The van der Waals surface area contributed by atoms with Crippen LogP contribution in [0, 0.1) is 0 Å². The van der Waals surface area contributed by atoms with Crippen LogP contribution in [0.1, 0.15) is 17.2 Å². The molecule has 3 rings (SSSR count). The van der Waals surface area contributed by atoms with E-state index >= 15 is 0 Å². The summed E-state index contributed by atoms with van der Waals surface area (Å²) in [7, 11) is 3.81. The number of aromatic nitrogens is 2. The van der Waals surface area contributed by atoms with Crippen molar-refractivity contribution in [2.45, 2.75) is 6.04 Å². The predicted octanol–water partition coefficient (Wildman–Crippen LogP) is 2.24. The molecule has 0 saturated carbocycles. The summed E-state index contributed by atoms with van der Waals surface area (Å²) in [5.74, 6) is 0. The highest BCUT2D eigenvalue weighted by atomic mass is 16.1. The van der Waals surface area contributed by atoms with E-state index < -0.39 is 0 Å². The zero-order valence-corrected chi connectivity index (χ0v) is 10.9. The Kier molecular flexibility index (Phi) is 2.71. The molecule has 1 aliphatic heterocycles. The smallest absolute Gasteiger partial charge is 0.146 e. The molecule has 19 heavy (non-hydrogen) atoms. The molecule has 2 heterocycles. The van der Waals surface area contributed by atoms with Crippen molar-refractivity contribution in [3.8, 4) is 11.1 Å². The Balaban J connectivity index is 2.07. The van der Waals surface area contributed by atoms with E-state index in [4.69, 9.17) is 0 Å². The molecule has 0 fully saturated rings. The number of aryl methyl sites for hydroxylation is 1. The van der Waals surface area contributed by atoms with Crippen molar-refractivity contribution >= 4 is 12.4 Å². The lowest BCUT2D eigenvalue weighted by Crippen LogP contribution is -2.23. The largest absolute Gasteiger partial charge is 0.367 e. The van der Waals surface area contributed by atoms with Crippen molar-refractivity contribution < 1.29 is 4.79 Å². The van der Waals surface area contributed by atoms with Gasteiger partial charge in [-0.1, -0.05) is 12.1 Å². The molecule has 0 saturated heterocycles. The zero-order chi connectivity index (χ0) is 13.4. The molecule has 1 aliphatic rings. The van der Waals surface area contributed by atoms with Crippen LogP contribution in [0.3, 0.4) is 0 Å². The molecular formula is C15H15N3O. The average molecular weight is 253 g/mol. The first-order valence-corrected chi connectivity index (χ1v) is 6.17. The minimum Gasteiger partial charge on any atom is -0.367 e. The maximum atomic E-state index is 11.2. The number of likely N-dealkylation sites (N-methyl/N-ethyl adjacent to an activating group) is 1. The molecule has 4 nitrogen and oxygen atoms in total. The molecule has 1 unspecified atom stereocenters. The van der Waals surface area contributed by atoms with Crippen molar-refractivity contribution in [3.63, 3.8) is 0 Å². The molecule has 0 spiro atoms. The van der Waals surface area contributed by atoms with Gasteiger partial charge in [-0.3, -0.25) is 4.68 Å². The molecule has 0 amide bonds. The van der Waals surface area contributed by atoms with Gasteiger partial charge in [-0.25, -0.2) is 0 Å². The minimum atomic E-state index is -0.192. The predicted molar refractivity (Wildman–Crippen MR) is 74.2 cm³/mol. The number of rotatable bonds is 2. The van der Waals surface area contributed by atoms with Crippen LogP contribution >= 0.6 is 0 Å². The van der Waals surface area contributed by atoms with Gasteiger partial charge >= 0.3 is 0 Å². The van der Waals surface area contributed by atoms with Crippen LogP contribution in [0.2, 0.25) is 0 Å². The highest BCUT2D eigenvalue weighted by molar-refractivity contribution is 5.74. The highest BCUT2D eigenvalue weighted by Crippen LogP contribution is 2.31. The highest BCUT2D eigenvalue weighted by Gasteiger charge is 2.20. The molecule has 0 N–H and O–H groups in total. The number of carbonyl (C=O) groups is 1. The molecule has 2 aromatic rings.